The van der Waals surface area contributed by atoms with E-state index in [1.54, 1.807) is 6.20 Å². The largest absolute Gasteiger partial charge is 0.356 e. The van der Waals surface area contributed by atoms with E-state index in [2.05, 4.69) is 20.0 Å². The first-order chi connectivity index (χ1) is 12.2. The number of aryl methyl sites for hydroxylation is 2. The van der Waals surface area contributed by atoms with Crippen molar-refractivity contribution in [1.82, 2.24) is 20.1 Å². The summed E-state index contributed by atoms with van der Waals surface area (Å²) in [5.41, 5.74) is 4.45. The molecule has 0 bridgehead atoms. The number of anilines is 1. The Labute approximate surface area is 146 Å². The van der Waals surface area contributed by atoms with E-state index in [9.17, 15) is 0 Å². The second kappa shape index (κ2) is 6.63. The molecule has 1 saturated heterocycles. The monoisotopic (exact) mass is 335 g/mol. The summed E-state index contributed by atoms with van der Waals surface area (Å²) < 4.78 is 5.47. The molecular formula is C19H21N5O. The minimum Gasteiger partial charge on any atom is -0.356 e. The summed E-state index contributed by atoms with van der Waals surface area (Å²) in [6.45, 7) is 5.91. The average molecular weight is 335 g/mol. The topological polar surface area (TPSA) is 67.9 Å². The summed E-state index contributed by atoms with van der Waals surface area (Å²) in [4.78, 5) is 16.2. The molecule has 0 amide bonds. The van der Waals surface area contributed by atoms with Gasteiger partial charge in [0.15, 0.2) is 5.76 Å². The molecule has 6 heteroatoms. The molecule has 0 aromatic carbocycles. The second-order valence-electron chi connectivity index (χ2n) is 6.45. The van der Waals surface area contributed by atoms with Crippen molar-refractivity contribution in [3.05, 3.63) is 42.0 Å². The Hall–Kier alpha value is -2.76. The van der Waals surface area contributed by atoms with Gasteiger partial charge in [-0.3, -0.25) is 4.98 Å². The van der Waals surface area contributed by atoms with Gasteiger partial charge in [0.25, 0.3) is 0 Å². The van der Waals surface area contributed by atoms with Gasteiger partial charge in [0, 0.05) is 42.8 Å². The van der Waals surface area contributed by atoms with Crippen LogP contribution < -0.4 is 4.90 Å². The van der Waals surface area contributed by atoms with Gasteiger partial charge in [-0.1, -0.05) is 5.16 Å². The summed E-state index contributed by atoms with van der Waals surface area (Å²) in [7, 11) is 0. The Morgan fingerprint density at radius 1 is 1.04 bits per heavy atom. The molecule has 6 nitrogen and oxygen atoms in total. The zero-order chi connectivity index (χ0) is 17.2. The van der Waals surface area contributed by atoms with Crippen LogP contribution in [0.25, 0.3) is 22.6 Å². The summed E-state index contributed by atoms with van der Waals surface area (Å²) in [5, 5.41) is 4.01. The van der Waals surface area contributed by atoms with E-state index in [0.29, 0.717) is 5.76 Å². The smallest absolute Gasteiger partial charge is 0.225 e. The molecule has 0 saturated carbocycles. The average Bonchev–Trinajstić information content (AvgIpc) is 3.09. The van der Waals surface area contributed by atoms with E-state index >= 15 is 0 Å². The van der Waals surface area contributed by atoms with Crippen molar-refractivity contribution in [3.63, 3.8) is 0 Å². The van der Waals surface area contributed by atoms with E-state index in [-0.39, 0.29) is 0 Å². The maximum Gasteiger partial charge on any atom is 0.225 e. The molecule has 0 aliphatic carbocycles. The normalized spacial score (nSPS) is 14.7. The maximum absolute atomic E-state index is 5.47. The Balaban J connectivity index is 1.85. The molecule has 4 heterocycles. The molecule has 128 valence electrons. The van der Waals surface area contributed by atoms with E-state index in [4.69, 9.17) is 9.51 Å². The van der Waals surface area contributed by atoms with Crippen LogP contribution in [0.15, 0.2) is 35.1 Å². The van der Waals surface area contributed by atoms with Crippen LogP contribution in [0, 0.1) is 13.8 Å². The SMILES string of the molecule is Cc1cc(-c2cnc(N3CCCCC3)nc2-c2cccnc2C)on1. The summed E-state index contributed by atoms with van der Waals surface area (Å²) >= 11 is 0. The molecule has 4 rings (SSSR count). The van der Waals surface area contributed by atoms with Crippen LogP contribution in [0.1, 0.15) is 30.7 Å². The minimum atomic E-state index is 0.681. The zero-order valence-corrected chi connectivity index (χ0v) is 14.6. The second-order valence-corrected chi connectivity index (χ2v) is 6.45. The summed E-state index contributed by atoms with van der Waals surface area (Å²) in [5.74, 6) is 1.46. The van der Waals surface area contributed by atoms with Gasteiger partial charge in [-0.25, -0.2) is 9.97 Å². The Bertz CT molecular complexity index is 883. The summed E-state index contributed by atoms with van der Waals surface area (Å²) in [6, 6.07) is 5.88. The van der Waals surface area contributed by atoms with Crippen LogP contribution in [0.5, 0.6) is 0 Å². The highest BCUT2D eigenvalue weighted by Crippen LogP contribution is 2.33. The molecular weight excluding hydrogens is 314 g/mol. The fourth-order valence-corrected chi connectivity index (χ4v) is 3.23. The molecule has 1 fully saturated rings. The van der Waals surface area contributed by atoms with E-state index in [0.717, 1.165) is 47.2 Å². The molecule has 1 aliphatic rings. The molecule has 1 aliphatic heterocycles. The molecule has 0 N–H and O–H groups in total. The molecule has 0 spiro atoms. The fraction of sp³-hybridized carbons (Fsp3) is 0.368. The first-order valence-corrected chi connectivity index (χ1v) is 8.70. The number of rotatable bonds is 3. The number of hydrogen-bond acceptors (Lipinski definition) is 6. The molecule has 0 atom stereocenters. The van der Waals surface area contributed by atoms with Crippen molar-refractivity contribution >= 4 is 5.95 Å². The minimum absolute atomic E-state index is 0.681. The number of piperidine rings is 1. The lowest BCUT2D eigenvalue weighted by molar-refractivity contribution is 0.427. The van der Waals surface area contributed by atoms with E-state index in [1.165, 1.54) is 19.3 Å². The Kier molecular flexibility index (Phi) is 4.17. The van der Waals surface area contributed by atoms with E-state index in [1.807, 2.05) is 38.2 Å². The van der Waals surface area contributed by atoms with Crippen molar-refractivity contribution in [1.29, 1.82) is 0 Å². The highest BCUT2D eigenvalue weighted by molar-refractivity contribution is 5.79. The Morgan fingerprint density at radius 2 is 1.88 bits per heavy atom. The quantitative estimate of drug-likeness (QED) is 0.725. The predicted molar refractivity (Wildman–Crippen MR) is 96.3 cm³/mol. The van der Waals surface area contributed by atoms with Crippen LogP contribution in [0.3, 0.4) is 0 Å². The zero-order valence-electron chi connectivity index (χ0n) is 14.6. The first kappa shape index (κ1) is 15.7. The van der Waals surface area contributed by atoms with Gasteiger partial charge in [-0.05, 0) is 45.2 Å². The lowest BCUT2D eigenvalue weighted by Gasteiger charge is -2.27. The number of pyridine rings is 1. The van der Waals surface area contributed by atoms with Crippen molar-refractivity contribution in [2.75, 3.05) is 18.0 Å². The van der Waals surface area contributed by atoms with Gasteiger partial charge >= 0.3 is 0 Å². The molecule has 3 aromatic rings. The van der Waals surface area contributed by atoms with Gasteiger partial charge in [-0.15, -0.1) is 0 Å². The molecule has 0 unspecified atom stereocenters. The maximum atomic E-state index is 5.47. The molecule has 25 heavy (non-hydrogen) atoms. The predicted octanol–water partition coefficient (Wildman–Crippen LogP) is 3.80. The molecule has 3 aromatic heterocycles. The van der Waals surface area contributed by atoms with Crippen LogP contribution >= 0.6 is 0 Å². The van der Waals surface area contributed by atoms with Crippen LogP contribution in [-0.4, -0.2) is 33.2 Å². The van der Waals surface area contributed by atoms with Gasteiger partial charge in [-0.2, -0.15) is 0 Å². The van der Waals surface area contributed by atoms with Gasteiger partial charge in [0.1, 0.15) is 0 Å². The van der Waals surface area contributed by atoms with Gasteiger partial charge < -0.3 is 9.42 Å². The lowest BCUT2D eigenvalue weighted by atomic mass is 10.0. The number of hydrogen-bond donors (Lipinski definition) is 0. The van der Waals surface area contributed by atoms with Gasteiger partial charge in [0.2, 0.25) is 5.95 Å². The van der Waals surface area contributed by atoms with Crippen LogP contribution in [-0.2, 0) is 0 Å². The third kappa shape index (κ3) is 3.12. The highest BCUT2D eigenvalue weighted by Gasteiger charge is 2.20. The standard InChI is InChI=1S/C19H21N5O/c1-13-11-17(25-23-13)16-12-21-19(24-9-4-3-5-10-24)22-18(16)15-7-6-8-20-14(15)2/h6-8,11-12H,3-5,9-10H2,1-2H3. The first-order valence-electron chi connectivity index (χ1n) is 8.70. The van der Waals surface area contributed by atoms with Gasteiger partial charge in [0.05, 0.1) is 17.0 Å². The number of nitrogens with zero attached hydrogens (tertiary/aromatic N) is 5. The van der Waals surface area contributed by atoms with Crippen LogP contribution in [0.4, 0.5) is 5.95 Å². The Morgan fingerprint density at radius 3 is 2.60 bits per heavy atom. The van der Waals surface area contributed by atoms with Crippen molar-refractivity contribution in [2.45, 2.75) is 33.1 Å². The third-order valence-corrected chi connectivity index (χ3v) is 4.57. The van der Waals surface area contributed by atoms with E-state index < -0.39 is 0 Å². The number of aromatic nitrogens is 4. The molecule has 0 radical (unpaired) electrons. The van der Waals surface area contributed by atoms with Crippen LogP contribution in [0.2, 0.25) is 0 Å². The fourth-order valence-electron chi connectivity index (χ4n) is 3.23. The summed E-state index contributed by atoms with van der Waals surface area (Å²) in [6.07, 6.45) is 7.30. The van der Waals surface area contributed by atoms with Crippen molar-refractivity contribution in [3.8, 4) is 22.6 Å². The highest BCUT2D eigenvalue weighted by atomic mass is 16.5. The lowest BCUT2D eigenvalue weighted by Crippen LogP contribution is -2.31. The third-order valence-electron chi connectivity index (χ3n) is 4.57. The van der Waals surface area contributed by atoms with Crippen molar-refractivity contribution < 1.29 is 4.52 Å². The van der Waals surface area contributed by atoms with Crippen molar-refractivity contribution in [2.24, 2.45) is 0 Å².